The molecule has 0 saturated heterocycles. The van der Waals surface area contributed by atoms with Gasteiger partial charge < -0.3 is 5.73 Å². The van der Waals surface area contributed by atoms with Crippen molar-refractivity contribution in [3.63, 3.8) is 0 Å². The molecule has 0 amide bonds. The molecule has 0 bridgehead atoms. The van der Waals surface area contributed by atoms with Gasteiger partial charge in [0, 0.05) is 11.3 Å². The first-order chi connectivity index (χ1) is 10.2. The third kappa shape index (κ3) is 2.47. The lowest BCUT2D eigenvalue weighted by Gasteiger charge is -2.08. The van der Waals surface area contributed by atoms with Gasteiger partial charge in [0.1, 0.15) is 5.82 Å². The van der Waals surface area contributed by atoms with Crippen molar-refractivity contribution >= 4 is 5.69 Å². The van der Waals surface area contributed by atoms with Crippen LogP contribution in [-0.2, 0) is 6.42 Å². The highest BCUT2D eigenvalue weighted by Crippen LogP contribution is 2.26. The van der Waals surface area contributed by atoms with Gasteiger partial charge in [0.25, 0.3) is 0 Å². The number of halogens is 1. The van der Waals surface area contributed by atoms with Crippen molar-refractivity contribution in [1.29, 1.82) is 0 Å². The lowest BCUT2D eigenvalue weighted by molar-refractivity contribution is 0.628. The molecule has 0 radical (unpaired) electrons. The van der Waals surface area contributed by atoms with Crippen molar-refractivity contribution in [3.8, 4) is 17.1 Å². The van der Waals surface area contributed by atoms with E-state index in [0.29, 0.717) is 17.1 Å². The van der Waals surface area contributed by atoms with E-state index in [2.05, 4.69) is 22.4 Å². The van der Waals surface area contributed by atoms with Crippen LogP contribution >= 0.6 is 0 Å². The summed E-state index contributed by atoms with van der Waals surface area (Å²) in [6.07, 6.45) is 0.910. The maximum atomic E-state index is 13.5. The molecule has 0 saturated carbocycles. The summed E-state index contributed by atoms with van der Waals surface area (Å²) < 4.78 is 15.0. The van der Waals surface area contributed by atoms with E-state index in [-0.39, 0.29) is 5.82 Å². The molecule has 2 aromatic carbocycles. The lowest BCUT2D eigenvalue weighted by atomic mass is 10.1. The highest BCUT2D eigenvalue weighted by molar-refractivity contribution is 5.72. The van der Waals surface area contributed by atoms with E-state index in [1.165, 1.54) is 23.8 Å². The average molecular weight is 283 g/mol. The van der Waals surface area contributed by atoms with Gasteiger partial charge in [0.15, 0.2) is 5.82 Å². The summed E-state index contributed by atoms with van der Waals surface area (Å²) in [5.74, 6) is 0.0383. The van der Waals surface area contributed by atoms with Gasteiger partial charge in [-0.2, -0.15) is 4.68 Å². The lowest BCUT2D eigenvalue weighted by Crippen LogP contribution is -2.02. The molecule has 21 heavy (non-hydrogen) atoms. The van der Waals surface area contributed by atoms with E-state index in [9.17, 15) is 4.39 Å². The zero-order valence-corrected chi connectivity index (χ0v) is 11.5. The third-order valence-corrected chi connectivity index (χ3v) is 3.29. The Kier molecular flexibility index (Phi) is 3.35. The van der Waals surface area contributed by atoms with Gasteiger partial charge in [-0.15, -0.1) is 5.10 Å². The quantitative estimate of drug-likeness (QED) is 0.750. The van der Waals surface area contributed by atoms with Crippen LogP contribution in [0.15, 0.2) is 42.5 Å². The summed E-state index contributed by atoms with van der Waals surface area (Å²) in [5, 5.41) is 11.6. The summed E-state index contributed by atoms with van der Waals surface area (Å²) in [4.78, 5) is 0. The monoisotopic (exact) mass is 283 g/mol. The Bertz CT molecular complexity index is 781. The number of nitrogens with zero attached hydrogens (tertiary/aromatic N) is 4. The molecule has 1 aromatic heterocycles. The second kappa shape index (κ2) is 5.32. The average Bonchev–Trinajstić information content (AvgIpc) is 2.99. The summed E-state index contributed by atoms with van der Waals surface area (Å²) in [5.41, 5.74) is 8.80. The van der Waals surface area contributed by atoms with E-state index in [1.54, 1.807) is 4.68 Å². The number of hydrogen-bond acceptors (Lipinski definition) is 4. The molecule has 0 fully saturated rings. The number of nitrogen functional groups attached to an aromatic ring is 1. The van der Waals surface area contributed by atoms with Gasteiger partial charge in [-0.1, -0.05) is 19.1 Å². The van der Waals surface area contributed by atoms with Crippen molar-refractivity contribution in [2.45, 2.75) is 13.3 Å². The molecule has 6 heteroatoms. The normalized spacial score (nSPS) is 10.8. The summed E-state index contributed by atoms with van der Waals surface area (Å²) >= 11 is 0. The maximum absolute atomic E-state index is 13.5. The van der Waals surface area contributed by atoms with Gasteiger partial charge in [0.2, 0.25) is 0 Å². The maximum Gasteiger partial charge on any atom is 0.189 e. The van der Waals surface area contributed by atoms with E-state index < -0.39 is 0 Å². The predicted octanol–water partition coefficient (Wildman–Crippen LogP) is 2.61. The first-order valence-electron chi connectivity index (χ1n) is 6.62. The fourth-order valence-electron chi connectivity index (χ4n) is 2.16. The molecule has 3 rings (SSSR count). The largest absolute Gasteiger partial charge is 0.398 e. The fourth-order valence-corrected chi connectivity index (χ4v) is 2.16. The molecule has 0 unspecified atom stereocenters. The standard InChI is InChI=1S/C15H14FN5/c1-2-10-4-3-5-12(8-10)21-15(18-19-20-21)13-9-11(16)6-7-14(13)17/h3-9H,2,17H2,1H3. The molecule has 106 valence electrons. The summed E-state index contributed by atoms with van der Waals surface area (Å²) in [6.45, 7) is 2.07. The van der Waals surface area contributed by atoms with Crippen LogP contribution in [0.4, 0.5) is 10.1 Å². The Morgan fingerprint density at radius 1 is 1.19 bits per heavy atom. The van der Waals surface area contributed by atoms with Gasteiger partial charge in [-0.3, -0.25) is 0 Å². The van der Waals surface area contributed by atoms with E-state index in [4.69, 9.17) is 5.73 Å². The van der Waals surface area contributed by atoms with Crippen LogP contribution in [0.3, 0.4) is 0 Å². The first-order valence-corrected chi connectivity index (χ1v) is 6.62. The molecule has 3 aromatic rings. The minimum absolute atomic E-state index is 0.379. The second-order valence-electron chi connectivity index (χ2n) is 4.67. The van der Waals surface area contributed by atoms with E-state index in [0.717, 1.165) is 12.1 Å². The Hall–Kier alpha value is -2.76. The molecular weight excluding hydrogens is 269 g/mol. The Morgan fingerprint density at radius 2 is 2.05 bits per heavy atom. The molecule has 1 heterocycles. The zero-order chi connectivity index (χ0) is 14.8. The van der Waals surface area contributed by atoms with Crippen LogP contribution in [-0.4, -0.2) is 20.2 Å². The van der Waals surface area contributed by atoms with Crippen LogP contribution < -0.4 is 5.73 Å². The minimum atomic E-state index is -0.379. The smallest absolute Gasteiger partial charge is 0.189 e. The Morgan fingerprint density at radius 3 is 2.86 bits per heavy atom. The first kappa shape index (κ1) is 13.2. The van der Waals surface area contributed by atoms with Crippen LogP contribution in [0.2, 0.25) is 0 Å². The topological polar surface area (TPSA) is 69.6 Å². The second-order valence-corrected chi connectivity index (χ2v) is 4.67. The molecule has 2 N–H and O–H groups in total. The van der Waals surface area contributed by atoms with E-state index >= 15 is 0 Å². The SMILES string of the molecule is CCc1cccc(-n2nnnc2-c2cc(F)ccc2N)c1. The molecule has 0 aliphatic carbocycles. The number of rotatable bonds is 3. The molecule has 0 atom stereocenters. The number of hydrogen-bond donors (Lipinski definition) is 1. The summed E-state index contributed by atoms with van der Waals surface area (Å²) in [7, 11) is 0. The number of tetrazole rings is 1. The Labute approximate surface area is 121 Å². The number of anilines is 1. The Balaban J connectivity index is 2.14. The fraction of sp³-hybridized carbons (Fsp3) is 0.133. The van der Waals surface area contributed by atoms with Crippen molar-refractivity contribution in [3.05, 3.63) is 53.8 Å². The van der Waals surface area contributed by atoms with Crippen molar-refractivity contribution in [1.82, 2.24) is 20.2 Å². The molecule has 0 aliphatic rings. The van der Waals surface area contributed by atoms with Crippen molar-refractivity contribution in [2.24, 2.45) is 0 Å². The predicted molar refractivity (Wildman–Crippen MR) is 78.3 cm³/mol. The van der Waals surface area contributed by atoms with Crippen molar-refractivity contribution < 1.29 is 4.39 Å². The highest BCUT2D eigenvalue weighted by atomic mass is 19.1. The van der Waals surface area contributed by atoms with Crippen LogP contribution in [0, 0.1) is 5.82 Å². The molecule has 0 spiro atoms. The molecule has 5 nitrogen and oxygen atoms in total. The van der Waals surface area contributed by atoms with Gasteiger partial charge in [0.05, 0.1) is 5.69 Å². The van der Waals surface area contributed by atoms with Gasteiger partial charge >= 0.3 is 0 Å². The number of nitrogens with two attached hydrogens (primary N) is 1. The van der Waals surface area contributed by atoms with Gasteiger partial charge in [-0.25, -0.2) is 4.39 Å². The molecular formula is C15H14FN5. The minimum Gasteiger partial charge on any atom is -0.398 e. The molecule has 0 aliphatic heterocycles. The summed E-state index contributed by atoms with van der Waals surface area (Å²) in [6, 6.07) is 12.0. The highest BCUT2D eigenvalue weighted by Gasteiger charge is 2.14. The number of benzene rings is 2. The van der Waals surface area contributed by atoms with Gasteiger partial charge in [-0.05, 0) is 52.7 Å². The number of aryl methyl sites for hydroxylation is 1. The third-order valence-electron chi connectivity index (χ3n) is 3.29. The van der Waals surface area contributed by atoms with Crippen LogP contribution in [0.1, 0.15) is 12.5 Å². The van der Waals surface area contributed by atoms with E-state index in [1.807, 2.05) is 24.3 Å². The number of aromatic nitrogens is 4. The van der Waals surface area contributed by atoms with Crippen LogP contribution in [0.5, 0.6) is 0 Å². The zero-order valence-electron chi connectivity index (χ0n) is 11.5. The van der Waals surface area contributed by atoms with Crippen LogP contribution in [0.25, 0.3) is 17.1 Å². The van der Waals surface area contributed by atoms with Crippen molar-refractivity contribution in [2.75, 3.05) is 5.73 Å².